The van der Waals surface area contributed by atoms with Crippen LogP contribution in [0.3, 0.4) is 0 Å². The summed E-state index contributed by atoms with van der Waals surface area (Å²) < 4.78 is 45.8. The van der Waals surface area contributed by atoms with Gasteiger partial charge in [-0.25, -0.2) is 0 Å². The molecule has 5 rings (SSSR count). The molecule has 2 aromatic rings. The Morgan fingerprint density at radius 1 is 1.17 bits per heavy atom. The lowest BCUT2D eigenvalue weighted by molar-refractivity contribution is -0.137. The van der Waals surface area contributed by atoms with Crippen LogP contribution in [-0.2, 0) is 22.1 Å². The highest BCUT2D eigenvalue weighted by molar-refractivity contribution is 6.20. The van der Waals surface area contributed by atoms with E-state index in [1.807, 2.05) is 23.1 Å². The number of benzene rings is 2. The molecule has 1 amide bonds. The molecule has 1 fully saturated rings. The minimum Gasteiger partial charge on any atom is -0.377 e. The molecule has 3 heterocycles. The van der Waals surface area contributed by atoms with Crippen molar-refractivity contribution in [1.29, 1.82) is 0 Å². The molecule has 30 heavy (non-hydrogen) atoms. The number of nitrogens with zero attached hydrogens (tertiary/aromatic N) is 3. The first-order chi connectivity index (χ1) is 14.3. The molecule has 1 saturated heterocycles. The molecule has 0 aromatic heterocycles. The third-order valence-electron chi connectivity index (χ3n) is 6.35. The number of carbonyl (C=O) groups excluding carboxylic acids is 1. The molecule has 0 aliphatic carbocycles. The van der Waals surface area contributed by atoms with Crippen molar-refractivity contribution >= 4 is 23.0 Å². The Morgan fingerprint density at radius 2 is 1.93 bits per heavy atom. The van der Waals surface area contributed by atoms with E-state index in [0.717, 1.165) is 11.8 Å². The van der Waals surface area contributed by atoms with Crippen molar-refractivity contribution in [3.8, 4) is 0 Å². The number of rotatable bonds is 1. The standard InChI is InChI=1S/C22H20F3N3O2/c1-14-21(20(29)28(26-14)17-5-3-2-4-6-17)12-15-11-16(22(23,24)25)7-8-18(15)27-9-10-30-13-19(21)27/h2-8,11,19H,9-10,12-13H2,1H3. The molecule has 2 aromatic carbocycles. The average Bonchev–Trinajstić information content (AvgIpc) is 2.99. The predicted octanol–water partition coefficient (Wildman–Crippen LogP) is 3.88. The number of alkyl halides is 3. The van der Waals surface area contributed by atoms with Crippen molar-refractivity contribution in [2.45, 2.75) is 25.6 Å². The lowest BCUT2D eigenvalue weighted by atomic mass is 9.67. The maximum absolute atomic E-state index is 13.7. The Balaban J connectivity index is 1.64. The van der Waals surface area contributed by atoms with Crippen molar-refractivity contribution in [2.24, 2.45) is 10.5 Å². The Morgan fingerprint density at radius 3 is 2.67 bits per heavy atom. The van der Waals surface area contributed by atoms with E-state index in [-0.39, 0.29) is 18.4 Å². The number of hydrogen-bond donors (Lipinski definition) is 0. The van der Waals surface area contributed by atoms with E-state index in [0.29, 0.717) is 36.7 Å². The van der Waals surface area contributed by atoms with Crippen LogP contribution in [-0.4, -0.2) is 37.4 Å². The van der Waals surface area contributed by atoms with E-state index < -0.39 is 17.2 Å². The molecule has 0 saturated carbocycles. The number of ether oxygens (including phenoxy) is 1. The summed E-state index contributed by atoms with van der Waals surface area (Å²) in [7, 11) is 0. The van der Waals surface area contributed by atoms with Crippen LogP contribution in [0.25, 0.3) is 0 Å². The first kappa shape index (κ1) is 19.1. The lowest BCUT2D eigenvalue weighted by Gasteiger charge is -2.50. The van der Waals surface area contributed by atoms with Gasteiger partial charge in [0, 0.05) is 12.2 Å². The molecule has 3 aliphatic rings. The second-order valence-electron chi connectivity index (χ2n) is 7.91. The molecule has 3 aliphatic heterocycles. The van der Waals surface area contributed by atoms with Crippen molar-refractivity contribution in [3.05, 3.63) is 59.7 Å². The van der Waals surface area contributed by atoms with Crippen molar-refractivity contribution in [3.63, 3.8) is 0 Å². The Bertz CT molecular complexity index is 1040. The van der Waals surface area contributed by atoms with Gasteiger partial charge in [-0.2, -0.15) is 23.3 Å². The number of hydrazone groups is 1. The van der Waals surface area contributed by atoms with Gasteiger partial charge >= 0.3 is 6.18 Å². The fourth-order valence-electron chi connectivity index (χ4n) is 4.86. The van der Waals surface area contributed by atoms with E-state index in [4.69, 9.17) is 4.74 Å². The summed E-state index contributed by atoms with van der Waals surface area (Å²) in [4.78, 5) is 15.8. The van der Waals surface area contributed by atoms with E-state index in [2.05, 4.69) is 5.10 Å². The number of para-hydroxylation sites is 1. The summed E-state index contributed by atoms with van der Waals surface area (Å²) in [5, 5.41) is 5.92. The summed E-state index contributed by atoms with van der Waals surface area (Å²) >= 11 is 0. The lowest BCUT2D eigenvalue weighted by Crippen LogP contribution is -2.64. The zero-order valence-electron chi connectivity index (χ0n) is 16.3. The first-order valence-electron chi connectivity index (χ1n) is 9.82. The van der Waals surface area contributed by atoms with Gasteiger partial charge in [0.05, 0.1) is 36.2 Å². The summed E-state index contributed by atoms with van der Waals surface area (Å²) in [6, 6.07) is 12.6. The number of hydrogen-bond acceptors (Lipinski definition) is 4. The summed E-state index contributed by atoms with van der Waals surface area (Å²) in [5.41, 5.74) is 0.717. The number of halogens is 3. The SMILES string of the molecule is CC1=NN(c2ccccc2)C(=O)C12Cc1cc(C(F)(F)F)ccc1N1CCOCC12. The normalized spacial score (nSPS) is 25.9. The van der Waals surface area contributed by atoms with Gasteiger partial charge in [-0.1, -0.05) is 18.2 Å². The van der Waals surface area contributed by atoms with Crippen molar-refractivity contribution < 1.29 is 22.7 Å². The third kappa shape index (κ3) is 2.66. The fraction of sp³-hybridized carbons (Fsp3) is 0.364. The molecule has 156 valence electrons. The van der Waals surface area contributed by atoms with E-state index in [1.165, 1.54) is 17.1 Å². The number of amides is 1. The van der Waals surface area contributed by atoms with Gasteiger partial charge in [-0.05, 0) is 49.2 Å². The molecular weight excluding hydrogens is 395 g/mol. The van der Waals surface area contributed by atoms with Gasteiger partial charge < -0.3 is 9.64 Å². The summed E-state index contributed by atoms with van der Waals surface area (Å²) in [6.45, 7) is 3.07. The smallest absolute Gasteiger partial charge is 0.377 e. The number of carbonyl (C=O) groups is 1. The highest BCUT2D eigenvalue weighted by Crippen LogP contribution is 2.48. The molecule has 0 bridgehead atoms. The zero-order chi connectivity index (χ0) is 21.1. The van der Waals surface area contributed by atoms with Crippen molar-refractivity contribution in [1.82, 2.24) is 0 Å². The molecule has 5 nitrogen and oxygen atoms in total. The third-order valence-corrected chi connectivity index (χ3v) is 6.35. The van der Waals surface area contributed by atoms with Crippen molar-refractivity contribution in [2.75, 3.05) is 29.7 Å². The Hall–Kier alpha value is -2.87. The van der Waals surface area contributed by atoms with Crippen LogP contribution in [0, 0.1) is 5.41 Å². The minimum absolute atomic E-state index is 0.161. The zero-order valence-corrected chi connectivity index (χ0v) is 16.3. The number of anilines is 2. The van der Waals surface area contributed by atoms with Gasteiger partial charge in [-0.15, -0.1) is 0 Å². The molecule has 0 N–H and O–H groups in total. The first-order valence-corrected chi connectivity index (χ1v) is 9.82. The van der Waals surface area contributed by atoms with Crippen LogP contribution in [0.1, 0.15) is 18.1 Å². The molecule has 8 heteroatoms. The average molecular weight is 415 g/mol. The fourth-order valence-corrected chi connectivity index (χ4v) is 4.86. The second-order valence-corrected chi connectivity index (χ2v) is 7.91. The van der Waals surface area contributed by atoms with Crippen LogP contribution in [0.4, 0.5) is 24.5 Å². The molecule has 1 spiro atoms. The highest BCUT2D eigenvalue weighted by Gasteiger charge is 2.59. The summed E-state index contributed by atoms with van der Waals surface area (Å²) in [6.07, 6.45) is -4.28. The van der Waals surface area contributed by atoms with Gasteiger partial charge in [-0.3, -0.25) is 4.79 Å². The van der Waals surface area contributed by atoms with E-state index in [1.54, 1.807) is 19.1 Å². The minimum atomic E-state index is -4.44. The Kier molecular flexibility index (Phi) is 4.18. The van der Waals surface area contributed by atoms with E-state index in [9.17, 15) is 18.0 Å². The van der Waals surface area contributed by atoms with Crippen LogP contribution in [0.2, 0.25) is 0 Å². The summed E-state index contributed by atoms with van der Waals surface area (Å²) in [5.74, 6) is -0.227. The van der Waals surface area contributed by atoms with Gasteiger partial charge in [0.25, 0.3) is 5.91 Å². The van der Waals surface area contributed by atoms with Gasteiger partial charge in [0.2, 0.25) is 0 Å². The quantitative estimate of drug-likeness (QED) is 0.710. The van der Waals surface area contributed by atoms with Gasteiger partial charge in [0.1, 0.15) is 5.41 Å². The predicted molar refractivity (Wildman–Crippen MR) is 107 cm³/mol. The molecule has 2 unspecified atom stereocenters. The second kappa shape index (κ2) is 6.57. The van der Waals surface area contributed by atoms with Crippen LogP contribution >= 0.6 is 0 Å². The molecular formula is C22H20F3N3O2. The maximum atomic E-state index is 13.7. The maximum Gasteiger partial charge on any atom is 0.416 e. The highest BCUT2D eigenvalue weighted by atomic mass is 19.4. The number of fused-ring (bicyclic) bond motifs is 4. The molecule has 0 radical (unpaired) electrons. The van der Waals surface area contributed by atoms with Crippen LogP contribution in [0.5, 0.6) is 0 Å². The monoisotopic (exact) mass is 415 g/mol. The van der Waals surface area contributed by atoms with Gasteiger partial charge in [0.15, 0.2) is 0 Å². The van der Waals surface area contributed by atoms with Crippen LogP contribution < -0.4 is 9.91 Å². The topological polar surface area (TPSA) is 45.1 Å². The van der Waals surface area contributed by atoms with Crippen LogP contribution in [0.15, 0.2) is 53.6 Å². The largest absolute Gasteiger partial charge is 0.416 e. The molecule has 2 atom stereocenters. The van der Waals surface area contributed by atoms with E-state index >= 15 is 0 Å². The number of morpholine rings is 1. The Labute approximate surface area is 171 Å².